The van der Waals surface area contributed by atoms with E-state index in [1.165, 1.54) is 17.6 Å². The number of anilines is 1. The summed E-state index contributed by atoms with van der Waals surface area (Å²) in [6.07, 6.45) is 8.30. The first-order chi connectivity index (χ1) is 7.16. The molecule has 0 saturated carbocycles. The van der Waals surface area contributed by atoms with E-state index in [1.54, 1.807) is 6.20 Å². The van der Waals surface area contributed by atoms with Gasteiger partial charge in [0.25, 0.3) is 0 Å². The van der Waals surface area contributed by atoms with Crippen LogP contribution >= 0.6 is 0 Å². The van der Waals surface area contributed by atoms with Crippen molar-refractivity contribution in [1.82, 2.24) is 4.98 Å². The minimum atomic E-state index is 0.577. The van der Waals surface area contributed by atoms with Gasteiger partial charge in [-0.25, -0.2) is 0 Å². The predicted octanol–water partition coefficient (Wildman–Crippen LogP) is 3.12. The van der Waals surface area contributed by atoms with E-state index in [0.717, 1.165) is 12.1 Å². The zero-order valence-corrected chi connectivity index (χ0v) is 9.40. The van der Waals surface area contributed by atoms with Crippen LogP contribution in [0.1, 0.15) is 38.2 Å². The van der Waals surface area contributed by atoms with Gasteiger partial charge in [0.05, 0.1) is 11.9 Å². The van der Waals surface area contributed by atoms with Gasteiger partial charge in [-0.3, -0.25) is 4.98 Å². The van der Waals surface area contributed by atoms with E-state index in [2.05, 4.69) is 31.0 Å². The van der Waals surface area contributed by atoms with Gasteiger partial charge in [-0.05, 0) is 43.2 Å². The average molecular weight is 202 g/mol. The molecule has 0 aromatic carbocycles. The molecule has 0 unspecified atom stereocenters. The molecule has 0 fully saturated rings. The first-order valence-electron chi connectivity index (χ1n) is 5.53. The molecule has 2 heteroatoms. The van der Waals surface area contributed by atoms with Crippen molar-refractivity contribution in [3.05, 3.63) is 35.7 Å². The highest BCUT2D eigenvalue weighted by Crippen LogP contribution is 2.37. The predicted molar refractivity (Wildman–Crippen MR) is 63.5 cm³/mol. The topological polar surface area (TPSA) is 38.9 Å². The number of pyridine rings is 1. The Morgan fingerprint density at radius 3 is 2.93 bits per heavy atom. The molecule has 1 aliphatic carbocycles. The van der Waals surface area contributed by atoms with Crippen molar-refractivity contribution in [2.24, 2.45) is 5.92 Å². The molecule has 0 aliphatic heterocycles. The molecule has 1 aromatic rings. The summed E-state index contributed by atoms with van der Waals surface area (Å²) in [6, 6.07) is 2.06. The molecule has 0 bridgehead atoms. The zero-order valence-electron chi connectivity index (χ0n) is 9.40. The Morgan fingerprint density at radius 1 is 1.47 bits per heavy atom. The van der Waals surface area contributed by atoms with Crippen LogP contribution in [0.2, 0.25) is 0 Å². The molecule has 0 radical (unpaired) electrons. The maximum atomic E-state index is 5.96. The molecule has 2 atom stereocenters. The smallest absolute Gasteiger partial charge is 0.0536 e. The Bertz CT molecular complexity index is 382. The van der Waals surface area contributed by atoms with Crippen LogP contribution in [0.5, 0.6) is 0 Å². The zero-order chi connectivity index (χ0) is 10.8. The van der Waals surface area contributed by atoms with E-state index in [4.69, 9.17) is 5.73 Å². The van der Waals surface area contributed by atoms with Gasteiger partial charge in [-0.2, -0.15) is 0 Å². The van der Waals surface area contributed by atoms with E-state index in [0.29, 0.717) is 11.8 Å². The molecule has 15 heavy (non-hydrogen) atoms. The van der Waals surface area contributed by atoms with E-state index in [1.807, 2.05) is 6.20 Å². The van der Waals surface area contributed by atoms with Gasteiger partial charge in [0, 0.05) is 6.20 Å². The Balaban J connectivity index is 2.26. The van der Waals surface area contributed by atoms with E-state index in [9.17, 15) is 0 Å². The third kappa shape index (κ3) is 2.20. The Labute approximate surface area is 91.2 Å². The van der Waals surface area contributed by atoms with Gasteiger partial charge in [0.1, 0.15) is 0 Å². The molecule has 0 amide bonds. The molecule has 80 valence electrons. The molecule has 0 spiro atoms. The molecule has 1 aromatic heterocycles. The lowest BCUT2D eigenvalue weighted by Gasteiger charge is -2.26. The van der Waals surface area contributed by atoms with E-state index in [-0.39, 0.29) is 0 Å². The summed E-state index contributed by atoms with van der Waals surface area (Å²) in [5.74, 6) is 1.24. The summed E-state index contributed by atoms with van der Waals surface area (Å²) >= 11 is 0. The highest BCUT2D eigenvalue weighted by atomic mass is 14.7. The van der Waals surface area contributed by atoms with E-state index < -0.39 is 0 Å². The summed E-state index contributed by atoms with van der Waals surface area (Å²) in [5.41, 5.74) is 9.55. The number of allylic oxidation sites excluding steroid dienone is 2. The molecule has 1 aliphatic rings. The van der Waals surface area contributed by atoms with Crippen molar-refractivity contribution >= 4 is 5.69 Å². The summed E-state index contributed by atoms with van der Waals surface area (Å²) in [4.78, 5) is 4.04. The minimum absolute atomic E-state index is 0.577. The lowest BCUT2D eigenvalue weighted by molar-refractivity contribution is 0.501. The molecular weight excluding hydrogens is 184 g/mol. The third-order valence-corrected chi connectivity index (χ3v) is 3.12. The number of rotatable bonds is 1. The van der Waals surface area contributed by atoms with Crippen molar-refractivity contribution in [3.63, 3.8) is 0 Å². The standard InChI is InChI=1S/C13H18N2/c1-9-5-10(2)7-11(6-9)12-3-4-15-8-13(12)14/h3-5,8-9,11H,6-7,14H2,1-2H3/t9-,11-/m0/s1. The van der Waals surface area contributed by atoms with Crippen LogP contribution in [0.25, 0.3) is 0 Å². The summed E-state index contributed by atoms with van der Waals surface area (Å²) < 4.78 is 0. The number of aromatic nitrogens is 1. The van der Waals surface area contributed by atoms with Crippen molar-refractivity contribution in [2.75, 3.05) is 5.73 Å². The van der Waals surface area contributed by atoms with Gasteiger partial charge in [-0.15, -0.1) is 0 Å². The number of hydrogen-bond acceptors (Lipinski definition) is 2. The maximum Gasteiger partial charge on any atom is 0.0536 e. The summed E-state index contributed by atoms with van der Waals surface area (Å²) in [6.45, 7) is 4.48. The van der Waals surface area contributed by atoms with Crippen LogP contribution in [0, 0.1) is 5.92 Å². The molecule has 2 rings (SSSR count). The fourth-order valence-electron chi connectivity index (χ4n) is 2.57. The first-order valence-corrected chi connectivity index (χ1v) is 5.53. The fraction of sp³-hybridized carbons (Fsp3) is 0.462. The van der Waals surface area contributed by atoms with Crippen molar-refractivity contribution in [3.8, 4) is 0 Å². The Hall–Kier alpha value is -1.31. The quantitative estimate of drug-likeness (QED) is 0.711. The van der Waals surface area contributed by atoms with Gasteiger partial charge in [-0.1, -0.05) is 18.6 Å². The third-order valence-electron chi connectivity index (χ3n) is 3.12. The monoisotopic (exact) mass is 202 g/mol. The van der Waals surface area contributed by atoms with Crippen LogP contribution in [0.15, 0.2) is 30.1 Å². The highest BCUT2D eigenvalue weighted by Gasteiger charge is 2.21. The normalized spacial score (nSPS) is 26.1. The molecular formula is C13H18N2. The molecule has 0 saturated heterocycles. The van der Waals surface area contributed by atoms with Gasteiger partial charge >= 0.3 is 0 Å². The molecule has 2 N–H and O–H groups in total. The van der Waals surface area contributed by atoms with Gasteiger partial charge < -0.3 is 5.73 Å². The SMILES string of the molecule is CC1=C[C@H](C)C[C@H](c2ccncc2N)C1. The second kappa shape index (κ2) is 4.05. The second-order valence-electron chi connectivity index (χ2n) is 4.63. The van der Waals surface area contributed by atoms with E-state index >= 15 is 0 Å². The average Bonchev–Trinajstić information content (AvgIpc) is 2.16. The molecule has 1 heterocycles. The van der Waals surface area contributed by atoms with Gasteiger partial charge in [0.15, 0.2) is 0 Å². The lowest BCUT2D eigenvalue weighted by Crippen LogP contribution is -2.12. The van der Waals surface area contributed by atoms with Crippen molar-refractivity contribution < 1.29 is 0 Å². The van der Waals surface area contributed by atoms with Crippen molar-refractivity contribution in [1.29, 1.82) is 0 Å². The summed E-state index contributed by atoms with van der Waals surface area (Å²) in [5, 5.41) is 0. The largest absolute Gasteiger partial charge is 0.397 e. The summed E-state index contributed by atoms with van der Waals surface area (Å²) in [7, 11) is 0. The number of nitrogen functional groups attached to an aromatic ring is 1. The fourth-order valence-corrected chi connectivity index (χ4v) is 2.57. The van der Waals surface area contributed by atoms with Crippen molar-refractivity contribution in [2.45, 2.75) is 32.6 Å². The maximum absolute atomic E-state index is 5.96. The van der Waals surface area contributed by atoms with Crippen LogP contribution in [-0.2, 0) is 0 Å². The Kier molecular flexibility index (Phi) is 2.76. The van der Waals surface area contributed by atoms with Gasteiger partial charge in [0.2, 0.25) is 0 Å². The van der Waals surface area contributed by atoms with Crippen LogP contribution < -0.4 is 5.73 Å². The van der Waals surface area contributed by atoms with Crippen LogP contribution in [0.4, 0.5) is 5.69 Å². The minimum Gasteiger partial charge on any atom is -0.397 e. The number of nitrogens with two attached hydrogens (primary N) is 1. The second-order valence-corrected chi connectivity index (χ2v) is 4.63. The number of nitrogens with zero attached hydrogens (tertiary/aromatic N) is 1. The number of hydrogen-bond donors (Lipinski definition) is 1. The molecule has 2 nitrogen and oxygen atoms in total. The lowest BCUT2D eigenvalue weighted by atomic mass is 9.79. The van der Waals surface area contributed by atoms with Crippen LogP contribution in [-0.4, -0.2) is 4.98 Å². The van der Waals surface area contributed by atoms with Crippen LogP contribution in [0.3, 0.4) is 0 Å². The highest BCUT2D eigenvalue weighted by molar-refractivity contribution is 5.46. The Morgan fingerprint density at radius 2 is 2.27 bits per heavy atom. The first kappa shape index (κ1) is 10.2.